The number of carbonyl (C=O) groups excluding carboxylic acids is 1. The maximum atomic E-state index is 13.4. The van der Waals surface area contributed by atoms with E-state index in [2.05, 4.69) is 21.2 Å². The minimum absolute atomic E-state index is 0.00625. The van der Waals surface area contributed by atoms with Crippen molar-refractivity contribution in [3.05, 3.63) is 34.1 Å². The van der Waals surface area contributed by atoms with E-state index in [-0.39, 0.29) is 12.1 Å². The number of carbonyl (C=O) groups is 1. The van der Waals surface area contributed by atoms with Gasteiger partial charge in [0, 0.05) is 16.6 Å². The molecule has 5 heteroatoms. The van der Waals surface area contributed by atoms with E-state index < -0.39 is 17.3 Å². The monoisotopic (exact) mass is 288 g/mol. The SMILES string of the molecule is CC(C)(N)CNC(=O)c1c(F)cccc1Br. The van der Waals surface area contributed by atoms with Crippen LogP contribution >= 0.6 is 15.9 Å². The summed E-state index contributed by atoms with van der Waals surface area (Å²) in [6.07, 6.45) is 0. The summed E-state index contributed by atoms with van der Waals surface area (Å²) >= 11 is 3.14. The number of nitrogens with two attached hydrogens (primary N) is 1. The number of halogens is 2. The molecule has 16 heavy (non-hydrogen) atoms. The fourth-order valence-electron chi connectivity index (χ4n) is 1.11. The Balaban J connectivity index is 2.81. The van der Waals surface area contributed by atoms with Gasteiger partial charge < -0.3 is 11.1 Å². The van der Waals surface area contributed by atoms with Gasteiger partial charge in [0.15, 0.2) is 0 Å². The average molecular weight is 289 g/mol. The van der Waals surface area contributed by atoms with Crippen LogP contribution in [-0.4, -0.2) is 18.0 Å². The Labute approximate surface area is 102 Å². The lowest BCUT2D eigenvalue weighted by molar-refractivity contribution is 0.0941. The van der Waals surface area contributed by atoms with Gasteiger partial charge in [-0.2, -0.15) is 0 Å². The van der Waals surface area contributed by atoms with Crippen LogP contribution in [0.25, 0.3) is 0 Å². The molecule has 0 radical (unpaired) electrons. The zero-order valence-corrected chi connectivity index (χ0v) is 10.8. The number of nitrogens with one attached hydrogen (secondary N) is 1. The Morgan fingerprint density at radius 1 is 1.56 bits per heavy atom. The summed E-state index contributed by atoms with van der Waals surface area (Å²) in [4.78, 5) is 11.7. The molecule has 0 fully saturated rings. The highest BCUT2D eigenvalue weighted by molar-refractivity contribution is 9.10. The first-order chi connectivity index (χ1) is 7.31. The van der Waals surface area contributed by atoms with E-state index in [0.29, 0.717) is 4.47 Å². The summed E-state index contributed by atoms with van der Waals surface area (Å²) in [5, 5.41) is 2.59. The Bertz CT molecular complexity index is 381. The van der Waals surface area contributed by atoms with Crippen molar-refractivity contribution in [2.45, 2.75) is 19.4 Å². The van der Waals surface area contributed by atoms with Gasteiger partial charge in [0.25, 0.3) is 5.91 Å². The van der Waals surface area contributed by atoms with Crippen molar-refractivity contribution in [1.82, 2.24) is 5.32 Å². The van der Waals surface area contributed by atoms with Crippen LogP contribution in [0.2, 0.25) is 0 Å². The molecule has 3 N–H and O–H groups in total. The molecule has 0 unspecified atom stereocenters. The first kappa shape index (κ1) is 13.1. The maximum absolute atomic E-state index is 13.4. The molecule has 0 atom stereocenters. The van der Waals surface area contributed by atoms with Crippen LogP contribution < -0.4 is 11.1 Å². The molecule has 0 aliphatic heterocycles. The molecule has 1 rings (SSSR count). The summed E-state index contributed by atoms with van der Waals surface area (Å²) in [6.45, 7) is 3.85. The molecule has 0 bridgehead atoms. The van der Waals surface area contributed by atoms with E-state index >= 15 is 0 Å². The molecule has 0 aliphatic rings. The van der Waals surface area contributed by atoms with Crippen molar-refractivity contribution in [3.8, 4) is 0 Å². The van der Waals surface area contributed by atoms with Crippen molar-refractivity contribution < 1.29 is 9.18 Å². The van der Waals surface area contributed by atoms with E-state index in [1.807, 2.05) is 0 Å². The van der Waals surface area contributed by atoms with Gasteiger partial charge in [-0.05, 0) is 41.9 Å². The first-order valence-corrected chi connectivity index (χ1v) is 5.61. The molecule has 0 spiro atoms. The fraction of sp³-hybridized carbons (Fsp3) is 0.364. The van der Waals surface area contributed by atoms with Crippen LogP contribution in [0, 0.1) is 5.82 Å². The van der Waals surface area contributed by atoms with Gasteiger partial charge in [-0.15, -0.1) is 0 Å². The van der Waals surface area contributed by atoms with E-state index in [1.54, 1.807) is 19.9 Å². The van der Waals surface area contributed by atoms with Crippen LogP contribution in [0.1, 0.15) is 24.2 Å². The number of benzene rings is 1. The molecule has 0 saturated carbocycles. The lowest BCUT2D eigenvalue weighted by Crippen LogP contribution is -2.45. The largest absolute Gasteiger partial charge is 0.350 e. The molecule has 88 valence electrons. The molecular weight excluding hydrogens is 275 g/mol. The predicted octanol–water partition coefficient (Wildman–Crippen LogP) is 2.06. The highest BCUT2D eigenvalue weighted by Gasteiger charge is 2.18. The highest BCUT2D eigenvalue weighted by Crippen LogP contribution is 2.19. The Hall–Kier alpha value is -0.940. The second kappa shape index (κ2) is 4.93. The minimum Gasteiger partial charge on any atom is -0.350 e. The summed E-state index contributed by atoms with van der Waals surface area (Å²) in [5.41, 5.74) is 5.20. The lowest BCUT2D eigenvalue weighted by atomic mass is 10.1. The summed E-state index contributed by atoms with van der Waals surface area (Å²) in [7, 11) is 0. The molecular formula is C11H14BrFN2O. The first-order valence-electron chi connectivity index (χ1n) is 4.82. The molecule has 3 nitrogen and oxygen atoms in total. The quantitative estimate of drug-likeness (QED) is 0.895. The minimum atomic E-state index is -0.554. The standard InChI is InChI=1S/C11H14BrFN2O/c1-11(2,14)6-15-10(16)9-7(12)4-3-5-8(9)13/h3-5H,6,14H2,1-2H3,(H,15,16). The van der Waals surface area contributed by atoms with Gasteiger partial charge in [0.2, 0.25) is 0 Å². The lowest BCUT2D eigenvalue weighted by Gasteiger charge is -2.19. The molecule has 0 aliphatic carbocycles. The third kappa shape index (κ3) is 3.57. The van der Waals surface area contributed by atoms with Gasteiger partial charge in [-0.1, -0.05) is 6.07 Å². The Morgan fingerprint density at radius 3 is 2.69 bits per heavy atom. The van der Waals surface area contributed by atoms with Crippen LogP contribution in [0.3, 0.4) is 0 Å². The predicted molar refractivity (Wildman–Crippen MR) is 64.7 cm³/mol. The number of amides is 1. The summed E-state index contributed by atoms with van der Waals surface area (Å²) < 4.78 is 13.8. The van der Waals surface area contributed by atoms with Crippen LogP contribution in [0.15, 0.2) is 22.7 Å². The van der Waals surface area contributed by atoms with Crippen molar-refractivity contribution >= 4 is 21.8 Å². The van der Waals surface area contributed by atoms with Crippen molar-refractivity contribution in [1.29, 1.82) is 0 Å². The smallest absolute Gasteiger partial charge is 0.255 e. The van der Waals surface area contributed by atoms with Crippen molar-refractivity contribution in [3.63, 3.8) is 0 Å². The zero-order chi connectivity index (χ0) is 12.3. The number of hydrogen-bond donors (Lipinski definition) is 2. The number of rotatable bonds is 3. The summed E-state index contributed by atoms with van der Waals surface area (Å²) in [5.74, 6) is -1.02. The highest BCUT2D eigenvalue weighted by atomic mass is 79.9. The Kier molecular flexibility index (Phi) is 4.04. The van der Waals surface area contributed by atoms with E-state index in [9.17, 15) is 9.18 Å². The Morgan fingerprint density at radius 2 is 2.19 bits per heavy atom. The number of hydrogen-bond acceptors (Lipinski definition) is 2. The van der Waals surface area contributed by atoms with Crippen LogP contribution in [-0.2, 0) is 0 Å². The third-order valence-electron chi connectivity index (χ3n) is 1.89. The van der Waals surface area contributed by atoms with Crippen molar-refractivity contribution in [2.24, 2.45) is 5.73 Å². The van der Waals surface area contributed by atoms with Crippen molar-refractivity contribution in [2.75, 3.05) is 6.54 Å². The fourth-order valence-corrected chi connectivity index (χ4v) is 1.63. The molecule has 1 aromatic rings. The molecule has 0 heterocycles. The average Bonchev–Trinajstić information content (AvgIpc) is 2.13. The molecule has 1 amide bonds. The van der Waals surface area contributed by atoms with Gasteiger partial charge in [0.1, 0.15) is 5.82 Å². The normalized spacial score (nSPS) is 11.3. The van der Waals surface area contributed by atoms with Crippen LogP contribution in [0.4, 0.5) is 4.39 Å². The second-order valence-electron chi connectivity index (χ2n) is 4.27. The topological polar surface area (TPSA) is 55.1 Å². The third-order valence-corrected chi connectivity index (χ3v) is 2.56. The maximum Gasteiger partial charge on any atom is 0.255 e. The molecule has 1 aromatic carbocycles. The van der Waals surface area contributed by atoms with Gasteiger partial charge in [-0.3, -0.25) is 4.79 Å². The van der Waals surface area contributed by atoms with E-state index in [1.165, 1.54) is 12.1 Å². The van der Waals surface area contributed by atoms with Gasteiger partial charge in [-0.25, -0.2) is 4.39 Å². The van der Waals surface area contributed by atoms with Gasteiger partial charge >= 0.3 is 0 Å². The zero-order valence-electron chi connectivity index (χ0n) is 9.18. The van der Waals surface area contributed by atoms with E-state index in [4.69, 9.17) is 5.73 Å². The summed E-state index contributed by atoms with van der Waals surface area (Å²) in [6, 6.07) is 4.39. The van der Waals surface area contributed by atoms with Crippen LogP contribution in [0.5, 0.6) is 0 Å². The second-order valence-corrected chi connectivity index (χ2v) is 5.12. The molecule has 0 saturated heterocycles. The molecule has 0 aromatic heterocycles. The van der Waals surface area contributed by atoms with Gasteiger partial charge in [0.05, 0.1) is 5.56 Å². The van der Waals surface area contributed by atoms with E-state index in [0.717, 1.165) is 0 Å².